The van der Waals surface area contributed by atoms with E-state index in [1.807, 2.05) is 47.4 Å². The quantitative estimate of drug-likeness (QED) is 0.536. The lowest BCUT2D eigenvalue weighted by Gasteiger charge is -2.26. The van der Waals surface area contributed by atoms with Crippen LogP contribution in [-0.2, 0) is 6.54 Å². The fraction of sp³-hybridized carbons (Fsp3) is 0.250. The van der Waals surface area contributed by atoms with Crippen LogP contribution in [0.15, 0.2) is 53.3 Å². The van der Waals surface area contributed by atoms with Crippen molar-refractivity contribution in [1.82, 2.24) is 14.9 Å². The predicted molar refractivity (Wildman–Crippen MR) is 118 cm³/mol. The zero-order valence-electron chi connectivity index (χ0n) is 15.8. The number of quaternary nitrogens is 1. The second-order valence-electron chi connectivity index (χ2n) is 6.85. The highest BCUT2D eigenvalue weighted by Crippen LogP contribution is 2.14. The lowest BCUT2D eigenvalue weighted by Crippen LogP contribution is -3.06. The first-order valence-corrected chi connectivity index (χ1v) is 9.79. The van der Waals surface area contributed by atoms with Gasteiger partial charge in [-0.3, -0.25) is 4.79 Å². The molecular formula is C20H23ClN5OS+. The molecule has 0 spiro atoms. The summed E-state index contributed by atoms with van der Waals surface area (Å²) in [6.45, 7) is 2.02. The summed E-state index contributed by atoms with van der Waals surface area (Å²) in [5.41, 5.74) is 1.39. The Labute approximate surface area is 174 Å². The van der Waals surface area contributed by atoms with Crippen molar-refractivity contribution in [3.63, 3.8) is 0 Å². The van der Waals surface area contributed by atoms with E-state index in [0.717, 1.165) is 18.8 Å². The molecule has 0 unspecified atom stereocenters. The number of fused-ring (bicyclic) bond motifs is 1. The molecule has 0 saturated heterocycles. The molecule has 0 aliphatic heterocycles. The number of para-hydroxylation sites is 1. The third kappa shape index (κ3) is 5.28. The van der Waals surface area contributed by atoms with Crippen molar-refractivity contribution in [1.29, 1.82) is 0 Å². The van der Waals surface area contributed by atoms with E-state index in [-0.39, 0.29) is 5.56 Å². The first-order valence-electron chi connectivity index (χ1n) is 9.01. The van der Waals surface area contributed by atoms with Crippen LogP contribution in [0, 0.1) is 0 Å². The van der Waals surface area contributed by atoms with Gasteiger partial charge in [-0.25, -0.2) is 4.98 Å². The molecule has 0 radical (unpaired) electrons. The van der Waals surface area contributed by atoms with Gasteiger partial charge in [0.2, 0.25) is 0 Å². The molecule has 2 aromatic carbocycles. The van der Waals surface area contributed by atoms with Crippen molar-refractivity contribution in [3.05, 3.63) is 69.7 Å². The maximum absolute atomic E-state index is 12.4. The van der Waals surface area contributed by atoms with Gasteiger partial charge >= 0.3 is 0 Å². The van der Waals surface area contributed by atoms with Crippen LogP contribution in [0.2, 0.25) is 5.02 Å². The molecule has 3 aromatic rings. The molecule has 0 bridgehead atoms. The molecule has 6 nitrogen and oxygen atoms in total. The summed E-state index contributed by atoms with van der Waals surface area (Å²) in [5, 5.41) is 5.05. The van der Waals surface area contributed by atoms with Crippen LogP contribution in [0.25, 0.3) is 10.9 Å². The van der Waals surface area contributed by atoms with Gasteiger partial charge in [0.05, 0.1) is 44.6 Å². The molecule has 3 rings (SSSR count). The highest BCUT2D eigenvalue weighted by Gasteiger charge is 2.14. The Morgan fingerprint density at radius 1 is 1.21 bits per heavy atom. The summed E-state index contributed by atoms with van der Waals surface area (Å²) >= 11 is 11.6. The van der Waals surface area contributed by atoms with E-state index in [0.29, 0.717) is 33.4 Å². The summed E-state index contributed by atoms with van der Waals surface area (Å²) in [6, 6.07) is 14.7. The average molecular weight is 417 g/mol. The third-order valence-electron chi connectivity index (χ3n) is 4.27. The number of rotatable bonds is 6. The number of nitrogens with one attached hydrogen (secondary N) is 3. The van der Waals surface area contributed by atoms with Crippen molar-refractivity contribution in [2.75, 3.05) is 32.5 Å². The Bertz CT molecular complexity index is 1020. The maximum Gasteiger partial charge on any atom is 0.258 e. The number of aromatic amines is 1. The van der Waals surface area contributed by atoms with E-state index in [1.165, 1.54) is 4.90 Å². The fourth-order valence-electron chi connectivity index (χ4n) is 2.74. The molecule has 0 aliphatic carbocycles. The Hall–Kier alpha value is -2.48. The minimum Gasteiger partial charge on any atom is -0.338 e. The van der Waals surface area contributed by atoms with Gasteiger partial charge in [-0.05, 0) is 48.6 Å². The second kappa shape index (κ2) is 9.14. The molecule has 0 atom stereocenters. The van der Waals surface area contributed by atoms with E-state index in [4.69, 9.17) is 23.8 Å². The summed E-state index contributed by atoms with van der Waals surface area (Å²) < 4.78 is 0. The second-order valence-corrected chi connectivity index (χ2v) is 7.67. The zero-order valence-corrected chi connectivity index (χ0v) is 17.4. The van der Waals surface area contributed by atoms with E-state index < -0.39 is 0 Å². The molecular weight excluding hydrogens is 394 g/mol. The number of anilines is 1. The minimum atomic E-state index is -0.143. The highest BCUT2D eigenvalue weighted by atomic mass is 35.5. The van der Waals surface area contributed by atoms with Gasteiger partial charge in [0.1, 0.15) is 5.82 Å². The fourth-order valence-corrected chi connectivity index (χ4v) is 3.14. The van der Waals surface area contributed by atoms with Crippen molar-refractivity contribution < 1.29 is 4.90 Å². The number of nitrogens with zero attached hydrogens (tertiary/aromatic N) is 2. The van der Waals surface area contributed by atoms with Gasteiger partial charge in [-0.1, -0.05) is 23.7 Å². The summed E-state index contributed by atoms with van der Waals surface area (Å²) in [5.74, 6) is 0.581. The number of benzene rings is 2. The van der Waals surface area contributed by atoms with Crippen LogP contribution in [0.1, 0.15) is 5.82 Å². The van der Waals surface area contributed by atoms with E-state index >= 15 is 0 Å². The molecule has 0 amide bonds. The van der Waals surface area contributed by atoms with Crippen LogP contribution >= 0.6 is 23.8 Å². The number of hydrogen-bond donors (Lipinski definition) is 3. The third-order valence-corrected chi connectivity index (χ3v) is 4.88. The first-order chi connectivity index (χ1) is 13.4. The van der Waals surface area contributed by atoms with Crippen LogP contribution in [0.5, 0.6) is 0 Å². The van der Waals surface area contributed by atoms with Crippen LogP contribution in [-0.4, -0.2) is 47.2 Å². The number of halogens is 1. The molecule has 1 heterocycles. The molecule has 3 N–H and O–H groups in total. The van der Waals surface area contributed by atoms with Gasteiger partial charge in [0.25, 0.3) is 5.56 Å². The van der Waals surface area contributed by atoms with E-state index in [1.54, 1.807) is 6.07 Å². The lowest BCUT2D eigenvalue weighted by molar-refractivity contribution is -0.857. The van der Waals surface area contributed by atoms with Gasteiger partial charge in [-0.2, -0.15) is 0 Å². The van der Waals surface area contributed by atoms with Crippen molar-refractivity contribution >= 4 is 45.5 Å². The van der Waals surface area contributed by atoms with Crippen LogP contribution in [0.4, 0.5) is 5.69 Å². The smallest absolute Gasteiger partial charge is 0.258 e. The highest BCUT2D eigenvalue weighted by molar-refractivity contribution is 7.80. The van der Waals surface area contributed by atoms with Crippen LogP contribution in [0.3, 0.4) is 0 Å². The molecule has 146 valence electrons. The Kier molecular flexibility index (Phi) is 6.61. The zero-order chi connectivity index (χ0) is 20.1. The lowest BCUT2D eigenvalue weighted by atomic mass is 10.2. The number of thiocarbonyl (C=S) groups is 1. The van der Waals surface area contributed by atoms with Gasteiger partial charge in [0.15, 0.2) is 5.11 Å². The minimum absolute atomic E-state index is 0.143. The van der Waals surface area contributed by atoms with Crippen LogP contribution < -0.4 is 15.8 Å². The standard InChI is InChI=1S/C20H22ClN5OS/c1-25(2)11-12-26(20(28)22-15-9-7-14(21)8-10-15)13-18-23-17-6-4-3-5-16(17)19(27)24-18/h3-10H,11-13H2,1-2H3,(H,22,28)(H,23,24,27)/p+1. The summed E-state index contributed by atoms with van der Waals surface area (Å²) in [7, 11) is 4.17. The molecule has 8 heteroatoms. The Balaban J connectivity index is 1.82. The van der Waals surface area contributed by atoms with E-state index in [2.05, 4.69) is 29.4 Å². The number of likely N-dealkylation sites (N-methyl/N-ethyl adjacent to an activating group) is 1. The predicted octanol–water partition coefficient (Wildman–Crippen LogP) is 1.92. The Morgan fingerprint density at radius 3 is 2.64 bits per heavy atom. The van der Waals surface area contributed by atoms with Gasteiger partial charge < -0.3 is 20.1 Å². The molecule has 0 aliphatic rings. The van der Waals surface area contributed by atoms with Crippen molar-refractivity contribution in [2.45, 2.75) is 6.54 Å². The first kappa shape index (κ1) is 20.3. The Morgan fingerprint density at radius 2 is 1.93 bits per heavy atom. The largest absolute Gasteiger partial charge is 0.338 e. The molecule has 28 heavy (non-hydrogen) atoms. The number of hydrogen-bond acceptors (Lipinski definition) is 3. The normalized spacial score (nSPS) is 11.0. The van der Waals surface area contributed by atoms with Gasteiger partial charge in [0, 0.05) is 10.7 Å². The molecule has 0 fully saturated rings. The number of H-pyrrole nitrogens is 1. The SMILES string of the molecule is C[NH+](C)CCN(Cc1nc2ccccc2c(=O)[nH]1)C(=S)Nc1ccc(Cl)cc1. The number of aromatic nitrogens is 2. The summed E-state index contributed by atoms with van der Waals surface area (Å²) in [6.07, 6.45) is 0. The molecule has 1 aromatic heterocycles. The van der Waals surface area contributed by atoms with E-state index in [9.17, 15) is 4.79 Å². The van der Waals surface area contributed by atoms with Crippen molar-refractivity contribution in [3.8, 4) is 0 Å². The maximum atomic E-state index is 12.4. The summed E-state index contributed by atoms with van der Waals surface area (Å²) in [4.78, 5) is 23.1. The average Bonchev–Trinajstić information content (AvgIpc) is 2.66. The molecule has 0 saturated carbocycles. The van der Waals surface area contributed by atoms with Crippen molar-refractivity contribution in [2.24, 2.45) is 0 Å². The monoisotopic (exact) mass is 416 g/mol. The topological polar surface area (TPSA) is 65.5 Å². The van der Waals surface area contributed by atoms with Gasteiger partial charge in [-0.15, -0.1) is 0 Å².